The summed E-state index contributed by atoms with van der Waals surface area (Å²) in [5.41, 5.74) is 1.71. The first-order valence-corrected chi connectivity index (χ1v) is 7.35. The van der Waals surface area contributed by atoms with E-state index in [0.717, 1.165) is 30.6 Å². The van der Waals surface area contributed by atoms with Gasteiger partial charge in [-0.3, -0.25) is 9.59 Å². The molecular weight excluding hydrogens is 252 g/mol. The first kappa shape index (κ1) is 14.6. The molecule has 1 aromatic carbocycles. The molecule has 0 aliphatic carbocycles. The summed E-state index contributed by atoms with van der Waals surface area (Å²) in [6.07, 6.45) is 2.31. The molecule has 1 heterocycles. The Hall–Kier alpha value is -1.84. The van der Waals surface area contributed by atoms with Gasteiger partial charge in [0.15, 0.2) is 0 Å². The molecule has 4 nitrogen and oxygen atoms in total. The van der Waals surface area contributed by atoms with Gasteiger partial charge in [0, 0.05) is 25.2 Å². The van der Waals surface area contributed by atoms with E-state index in [9.17, 15) is 9.59 Å². The number of benzene rings is 1. The molecule has 0 saturated heterocycles. The highest BCUT2D eigenvalue weighted by Crippen LogP contribution is 2.33. The number of hydrogen-bond donors (Lipinski definition) is 1. The van der Waals surface area contributed by atoms with Gasteiger partial charge in [-0.1, -0.05) is 31.5 Å². The predicted octanol–water partition coefficient (Wildman–Crippen LogP) is 2.76. The fourth-order valence-corrected chi connectivity index (χ4v) is 2.63. The zero-order chi connectivity index (χ0) is 14.5. The molecule has 1 unspecified atom stereocenters. The Labute approximate surface area is 120 Å². The van der Waals surface area contributed by atoms with Crippen LogP contribution in [0.2, 0.25) is 0 Å². The van der Waals surface area contributed by atoms with Gasteiger partial charge in [0.1, 0.15) is 0 Å². The lowest BCUT2D eigenvalue weighted by molar-refractivity contribution is -0.134. The maximum Gasteiger partial charge on any atom is 0.230 e. The SMILES string of the molecule is CCCCN(CC)C(=O)C1CC(=O)Nc2ccccc21. The lowest BCUT2D eigenvalue weighted by atomic mass is 9.89. The molecule has 2 rings (SSSR count). The maximum absolute atomic E-state index is 12.7. The second kappa shape index (κ2) is 6.55. The minimum absolute atomic E-state index is 0.0725. The van der Waals surface area contributed by atoms with Crippen molar-refractivity contribution in [3.8, 4) is 0 Å². The van der Waals surface area contributed by atoms with E-state index in [1.54, 1.807) is 0 Å². The highest BCUT2D eigenvalue weighted by molar-refractivity contribution is 6.01. The quantitative estimate of drug-likeness (QED) is 0.897. The third-order valence-corrected chi connectivity index (χ3v) is 3.77. The summed E-state index contributed by atoms with van der Waals surface area (Å²) in [6, 6.07) is 7.58. The van der Waals surface area contributed by atoms with E-state index in [1.165, 1.54) is 0 Å². The van der Waals surface area contributed by atoms with E-state index >= 15 is 0 Å². The average molecular weight is 274 g/mol. The van der Waals surface area contributed by atoms with Crippen molar-refractivity contribution in [2.75, 3.05) is 18.4 Å². The molecule has 1 aliphatic rings. The number of likely N-dealkylation sites (N-methyl/N-ethyl adjacent to an activating group) is 1. The number of unbranched alkanes of at least 4 members (excludes halogenated alkanes) is 1. The molecule has 0 saturated carbocycles. The summed E-state index contributed by atoms with van der Waals surface area (Å²) in [5.74, 6) is -0.339. The fourth-order valence-electron chi connectivity index (χ4n) is 2.63. The summed E-state index contributed by atoms with van der Waals surface area (Å²) in [6.45, 7) is 5.56. The van der Waals surface area contributed by atoms with Gasteiger partial charge in [0.05, 0.1) is 5.92 Å². The first-order valence-electron chi connectivity index (χ1n) is 7.35. The van der Waals surface area contributed by atoms with Crippen LogP contribution in [0.3, 0.4) is 0 Å². The number of rotatable bonds is 5. The van der Waals surface area contributed by atoms with Crippen LogP contribution in [-0.4, -0.2) is 29.8 Å². The van der Waals surface area contributed by atoms with E-state index in [4.69, 9.17) is 0 Å². The van der Waals surface area contributed by atoms with Crippen molar-refractivity contribution in [3.05, 3.63) is 29.8 Å². The standard InChI is InChI=1S/C16H22N2O2/c1-3-5-10-18(4-2)16(20)13-11-15(19)17-14-9-7-6-8-12(13)14/h6-9,13H,3-5,10-11H2,1-2H3,(H,17,19). The molecule has 1 N–H and O–H groups in total. The van der Waals surface area contributed by atoms with Gasteiger partial charge in [-0.2, -0.15) is 0 Å². The van der Waals surface area contributed by atoms with Crippen molar-refractivity contribution < 1.29 is 9.59 Å². The number of carbonyl (C=O) groups is 2. The van der Waals surface area contributed by atoms with E-state index in [1.807, 2.05) is 36.1 Å². The van der Waals surface area contributed by atoms with E-state index < -0.39 is 0 Å². The Morgan fingerprint density at radius 3 is 2.80 bits per heavy atom. The number of carbonyl (C=O) groups excluding carboxylic acids is 2. The Balaban J connectivity index is 2.23. The number of para-hydroxylation sites is 1. The first-order chi connectivity index (χ1) is 9.67. The van der Waals surface area contributed by atoms with Crippen LogP contribution in [-0.2, 0) is 9.59 Å². The third kappa shape index (κ3) is 3.00. The van der Waals surface area contributed by atoms with Crippen LogP contribution < -0.4 is 5.32 Å². The van der Waals surface area contributed by atoms with Crippen molar-refractivity contribution in [3.63, 3.8) is 0 Å². The van der Waals surface area contributed by atoms with Crippen LogP contribution in [0, 0.1) is 0 Å². The minimum atomic E-state index is -0.336. The Kier molecular flexibility index (Phi) is 4.77. The number of nitrogens with zero attached hydrogens (tertiary/aromatic N) is 1. The summed E-state index contributed by atoms with van der Waals surface area (Å²) in [5, 5.41) is 2.84. The van der Waals surface area contributed by atoms with Gasteiger partial charge in [-0.25, -0.2) is 0 Å². The van der Waals surface area contributed by atoms with E-state index in [2.05, 4.69) is 12.2 Å². The van der Waals surface area contributed by atoms with Gasteiger partial charge in [-0.15, -0.1) is 0 Å². The lowest BCUT2D eigenvalue weighted by Crippen LogP contribution is -2.39. The molecular formula is C16H22N2O2. The average Bonchev–Trinajstić information content (AvgIpc) is 2.46. The van der Waals surface area contributed by atoms with Crippen molar-refractivity contribution in [1.82, 2.24) is 4.90 Å². The van der Waals surface area contributed by atoms with Crippen molar-refractivity contribution in [2.45, 2.75) is 39.0 Å². The summed E-state index contributed by atoms with van der Waals surface area (Å²) >= 11 is 0. The molecule has 1 aliphatic heterocycles. The predicted molar refractivity (Wildman–Crippen MR) is 79.6 cm³/mol. The molecule has 0 fully saturated rings. The van der Waals surface area contributed by atoms with Crippen LogP contribution in [0.1, 0.15) is 44.6 Å². The zero-order valence-corrected chi connectivity index (χ0v) is 12.2. The molecule has 2 amide bonds. The second-order valence-electron chi connectivity index (χ2n) is 5.16. The van der Waals surface area contributed by atoms with Crippen molar-refractivity contribution in [1.29, 1.82) is 0 Å². The molecule has 1 aromatic rings. The minimum Gasteiger partial charge on any atom is -0.342 e. The highest BCUT2D eigenvalue weighted by Gasteiger charge is 2.32. The van der Waals surface area contributed by atoms with Crippen LogP contribution in [0.5, 0.6) is 0 Å². The van der Waals surface area contributed by atoms with Gasteiger partial charge in [0.2, 0.25) is 11.8 Å². The molecule has 4 heteroatoms. The molecule has 0 radical (unpaired) electrons. The fraction of sp³-hybridized carbons (Fsp3) is 0.500. The Bertz CT molecular complexity index is 499. The summed E-state index contributed by atoms with van der Waals surface area (Å²) in [7, 11) is 0. The normalized spacial score (nSPS) is 17.3. The zero-order valence-electron chi connectivity index (χ0n) is 12.2. The van der Waals surface area contributed by atoms with Gasteiger partial charge in [-0.05, 0) is 25.0 Å². The van der Waals surface area contributed by atoms with Crippen LogP contribution >= 0.6 is 0 Å². The molecule has 20 heavy (non-hydrogen) atoms. The maximum atomic E-state index is 12.7. The third-order valence-electron chi connectivity index (χ3n) is 3.77. The number of fused-ring (bicyclic) bond motifs is 1. The molecule has 0 bridgehead atoms. The van der Waals surface area contributed by atoms with Crippen LogP contribution in [0.25, 0.3) is 0 Å². The second-order valence-corrected chi connectivity index (χ2v) is 5.16. The summed E-state index contributed by atoms with van der Waals surface area (Å²) < 4.78 is 0. The van der Waals surface area contributed by atoms with Crippen molar-refractivity contribution >= 4 is 17.5 Å². The van der Waals surface area contributed by atoms with Crippen molar-refractivity contribution in [2.24, 2.45) is 0 Å². The smallest absolute Gasteiger partial charge is 0.230 e. The largest absolute Gasteiger partial charge is 0.342 e. The topological polar surface area (TPSA) is 49.4 Å². The van der Waals surface area contributed by atoms with E-state index in [0.29, 0.717) is 6.54 Å². The molecule has 1 atom stereocenters. The van der Waals surface area contributed by atoms with Crippen LogP contribution in [0.4, 0.5) is 5.69 Å². The van der Waals surface area contributed by atoms with Crippen LogP contribution in [0.15, 0.2) is 24.3 Å². The number of amides is 2. The Morgan fingerprint density at radius 1 is 1.35 bits per heavy atom. The van der Waals surface area contributed by atoms with Gasteiger partial charge < -0.3 is 10.2 Å². The highest BCUT2D eigenvalue weighted by atomic mass is 16.2. The van der Waals surface area contributed by atoms with E-state index in [-0.39, 0.29) is 24.2 Å². The molecule has 108 valence electrons. The Morgan fingerprint density at radius 2 is 2.10 bits per heavy atom. The van der Waals surface area contributed by atoms with Gasteiger partial charge >= 0.3 is 0 Å². The molecule has 0 aromatic heterocycles. The number of anilines is 1. The number of nitrogens with one attached hydrogen (secondary N) is 1. The molecule has 0 spiro atoms. The number of hydrogen-bond acceptors (Lipinski definition) is 2. The lowest BCUT2D eigenvalue weighted by Gasteiger charge is -2.30. The summed E-state index contributed by atoms with van der Waals surface area (Å²) in [4.78, 5) is 26.3. The van der Waals surface area contributed by atoms with Gasteiger partial charge in [0.25, 0.3) is 0 Å². The monoisotopic (exact) mass is 274 g/mol.